The molecule has 1 fully saturated rings. The predicted octanol–water partition coefficient (Wildman–Crippen LogP) is 4.54. The quantitative estimate of drug-likeness (QED) is 0.393. The molecule has 2 aromatic heterocycles. The van der Waals surface area contributed by atoms with Gasteiger partial charge in [0.05, 0.1) is 17.8 Å². The van der Waals surface area contributed by atoms with Gasteiger partial charge in [0.2, 0.25) is 6.79 Å². The topological polar surface area (TPSA) is 62.4 Å². The van der Waals surface area contributed by atoms with Gasteiger partial charge in [0.15, 0.2) is 16.6 Å². The summed E-state index contributed by atoms with van der Waals surface area (Å²) in [4.78, 5) is 10.3. The summed E-state index contributed by atoms with van der Waals surface area (Å²) in [6.45, 7) is 4.45. The Hall–Kier alpha value is -2.33. The Morgan fingerprint density at radius 1 is 1.14 bits per heavy atom. The van der Waals surface area contributed by atoms with Gasteiger partial charge in [0.1, 0.15) is 0 Å². The molecule has 6 nitrogen and oxygen atoms in total. The highest BCUT2D eigenvalue weighted by molar-refractivity contribution is 14.1. The van der Waals surface area contributed by atoms with Crippen molar-refractivity contribution in [2.24, 2.45) is 0 Å². The monoisotopic (exact) mass is 518 g/mol. The number of aromatic nitrogens is 2. The largest absolute Gasteiger partial charge is 0.454 e. The Morgan fingerprint density at radius 2 is 1.97 bits per heavy atom. The Labute approximate surface area is 187 Å². The van der Waals surface area contributed by atoms with Crippen LogP contribution in [0.3, 0.4) is 0 Å². The molecule has 5 rings (SSSR count). The first-order valence-electron chi connectivity index (χ1n) is 9.29. The van der Waals surface area contributed by atoms with E-state index in [0.717, 1.165) is 34.3 Å². The molecular weight excluding hydrogens is 499 g/mol. The van der Waals surface area contributed by atoms with Crippen LogP contribution in [0.2, 0.25) is 0 Å². The van der Waals surface area contributed by atoms with Crippen LogP contribution in [0.15, 0.2) is 42.6 Å². The molecule has 0 saturated carbocycles. The average Bonchev–Trinajstić information content (AvgIpc) is 3.38. The lowest BCUT2D eigenvalue weighted by molar-refractivity contribution is 0.174. The second kappa shape index (κ2) is 7.17. The fourth-order valence-corrected chi connectivity index (χ4v) is 5.29. The predicted molar refractivity (Wildman–Crippen MR) is 123 cm³/mol. The fraction of sp³-hybridized carbons (Fsp3) is 0.238. The lowest BCUT2D eigenvalue weighted by Crippen LogP contribution is -2.29. The zero-order chi connectivity index (χ0) is 20.1. The van der Waals surface area contributed by atoms with Gasteiger partial charge in [-0.2, -0.15) is 0 Å². The Bertz CT molecular complexity index is 1100. The third kappa shape index (κ3) is 3.05. The standard InChI is InChI=1S/C21H19IN4O2S/c1-11-17(18(22)12(2)24-11)20-19(14-5-3-4-8-23-14)25-21(29)26(20)13-6-7-15-16(9-13)28-10-27-15/h3-9,19-20,24H,10H2,1-2H3,(H,25,29)/t19-,20-/m0/s1. The summed E-state index contributed by atoms with van der Waals surface area (Å²) in [5, 5.41) is 4.17. The van der Waals surface area contributed by atoms with Crippen molar-refractivity contribution >= 4 is 45.6 Å². The molecule has 2 atom stereocenters. The Kier molecular flexibility index (Phi) is 4.62. The van der Waals surface area contributed by atoms with Crippen molar-refractivity contribution in [3.8, 4) is 11.5 Å². The molecule has 0 spiro atoms. The minimum atomic E-state index is -0.0726. The molecule has 0 unspecified atom stereocenters. The van der Waals surface area contributed by atoms with Gasteiger partial charge in [-0.05, 0) is 72.9 Å². The normalized spacial score (nSPS) is 20.2. The first-order chi connectivity index (χ1) is 14.0. The van der Waals surface area contributed by atoms with E-state index in [9.17, 15) is 0 Å². The summed E-state index contributed by atoms with van der Waals surface area (Å²) in [6, 6.07) is 11.8. The number of halogens is 1. The van der Waals surface area contributed by atoms with Gasteiger partial charge in [0.25, 0.3) is 0 Å². The van der Waals surface area contributed by atoms with E-state index < -0.39 is 0 Å². The van der Waals surface area contributed by atoms with E-state index in [1.54, 1.807) is 0 Å². The summed E-state index contributed by atoms with van der Waals surface area (Å²) in [5.41, 5.74) is 5.43. The molecule has 1 saturated heterocycles. The molecule has 2 N–H and O–H groups in total. The first-order valence-corrected chi connectivity index (χ1v) is 10.8. The highest BCUT2D eigenvalue weighted by Gasteiger charge is 2.43. The van der Waals surface area contributed by atoms with Gasteiger partial charge in [-0.15, -0.1) is 0 Å². The molecule has 4 heterocycles. The van der Waals surface area contributed by atoms with E-state index >= 15 is 0 Å². The molecule has 2 aliphatic heterocycles. The molecule has 148 valence electrons. The van der Waals surface area contributed by atoms with Crippen molar-refractivity contribution in [1.82, 2.24) is 15.3 Å². The summed E-state index contributed by atoms with van der Waals surface area (Å²) >= 11 is 8.22. The summed E-state index contributed by atoms with van der Waals surface area (Å²) in [7, 11) is 0. The number of rotatable bonds is 3. The van der Waals surface area contributed by atoms with Crippen LogP contribution >= 0.6 is 34.8 Å². The van der Waals surface area contributed by atoms with E-state index in [1.165, 1.54) is 9.13 Å². The van der Waals surface area contributed by atoms with E-state index in [4.69, 9.17) is 21.7 Å². The maximum absolute atomic E-state index is 5.80. The molecule has 29 heavy (non-hydrogen) atoms. The second-order valence-corrected chi connectivity index (χ2v) is 8.60. The van der Waals surface area contributed by atoms with Crippen LogP contribution in [0.4, 0.5) is 5.69 Å². The molecule has 3 aromatic rings. The summed E-state index contributed by atoms with van der Waals surface area (Å²) in [5.74, 6) is 1.50. The van der Waals surface area contributed by atoms with Crippen LogP contribution in [0.25, 0.3) is 0 Å². The average molecular weight is 518 g/mol. The minimum Gasteiger partial charge on any atom is -0.454 e. The highest BCUT2D eigenvalue weighted by Crippen LogP contribution is 2.46. The van der Waals surface area contributed by atoms with Crippen LogP contribution in [0.1, 0.15) is 34.7 Å². The van der Waals surface area contributed by atoms with Gasteiger partial charge in [0, 0.05) is 38.5 Å². The van der Waals surface area contributed by atoms with Crippen molar-refractivity contribution in [1.29, 1.82) is 0 Å². The van der Waals surface area contributed by atoms with Crippen LogP contribution in [-0.2, 0) is 0 Å². The molecule has 0 amide bonds. The van der Waals surface area contributed by atoms with E-state index in [-0.39, 0.29) is 18.9 Å². The van der Waals surface area contributed by atoms with Crippen LogP contribution in [0, 0.1) is 17.4 Å². The number of fused-ring (bicyclic) bond motifs is 1. The molecule has 2 aliphatic rings. The van der Waals surface area contributed by atoms with E-state index in [2.05, 4.69) is 56.6 Å². The lowest BCUT2D eigenvalue weighted by atomic mass is 9.96. The zero-order valence-corrected chi connectivity index (χ0v) is 18.9. The zero-order valence-electron chi connectivity index (χ0n) is 15.9. The third-order valence-corrected chi connectivity index (χ3v) is 7.08. The molecule has 1 aromatic carbocycles. The number of pyridine rings is 1. The first kappa shape index (κ1) is 18.7. The van der Waals surface area contributed by atoms with Gasteiger partial charge < -0.3 is 24.7 Å². The van der Waals surface area contributed by atoms with Gasteiger partial charge in [-0.3, -0.25) is 4.98 Å². The number of aromatic amines is 1. The van der Waals surface area contributed by atoms with Gasteiger partial charge >= 0.3 is 0 Å². The summed E-state index contributed by atoms with van der Waals surface area (Å²) in [6.07, 6.45) is 1.82. The highest BCUT2D eigenvalue weighted by atomic mass is 127. The number of anilines is 1. The van der Waals surface area contributed by atoms with E-state index in [0.29, 0.717) is 5.11 Å². The fourth-order valence-electron chi connectivity index (χ4n) is 4.08. The smallest absolute Gasteiger partial charge is 0.231 e. The number of thiocarbonyl (C=S) groups is 1. The van der Waals surface area contributed by atoms with E-state index in [1.807, 2.05) is 42.6 Å². The maximum Gasteiger partial charge on any atom is 0.231 e. The molecule has 0 radical (unpaired) electrons. The number of ether oxygens (including phenoxy) is 2. The van der Waals surface area contributed by atoms with Crippen molar-refractivity contribution in [3.63, 3.8) is 0 Å². The number of nitrogens with zero attached hydrogens (tertiary/aromatic N) is 2. The number of benzene rings is 1. The summed E-state index contributed by atoms with van der Waals surface area (Å²) < 4.78 is 12.3. The van der Waals surface area contributed by atoms with Crippen molar-refractivity contribution < 1.29 is 9.47 Å². The Morgan fingerprint density at radius 3 is 2.69 bits per heavy atom. The van der Waals surface area contributed by atoms with Crippen LogP contribution in [0.5, 0.6) is 11.5 Å². The molecule has 0 bridgehead atoms. The lowest BCUT2D eigenvalue weighted by Gasteiger charge is -2.28. The van der Waals surface area contributed by atoms with Crippen molar-refractivity contribution in [2.75, 3.05) is 11.7 Å². The minimum absolute atomic E-state index is 0.0466. The Balaban J connectivity index is 1.67. The number of H-pyrrole nitrogens is 1. The number of nitrogens with one attached hydrogen (secondary N) is 2. The molecule has 0 aliphatic carbocycles. The third-order valence-electron chi connectivity index (χ3n) is 5.37. The van der Waals surface area contributed by atoms with Gasteiger partial charge in [-0.25, -0.2) is 0 Å². The van der Waals surface area contributed by atoms with Crippen LogP contribution < -0.4 is 19.7 Å². The number of aryl methyl sites for hydroxylation is 2. The second-order valence-electron chi connectivity index (χ2n) is 7.14. The number of hydrogen-bond acceptors (Lipinski definition) is 4. The van der Waals surface area contributed by atoms with Gasteiger partial charge in [-0.1, -0.05) is 6.07 Å². The number of hydrogen-bond donors (Lipinski definition) is 2. The van der Waals surface area contributed by atoms with Crippen LogP contribution in [-0.4, -0.2) is 21.9 Å². The SMILES string of the molecule is Cc1[nH]c(C)c([C@H]2[C@H](c3ccccn3)NC(=S)N2c2ccc3c(c2)OCO3)c1I. The molecular formula is C21H19IN4O2S. The van der Waals surface area contributed by atoms with Crippen molar-refractivity contribution in [2.45, 2.75) is 25.9 Å². The maximum atomic E-state index is 5.80. The molecule has 8 heteroatoms. The van der Waals surface area contributed by atoms with Crippen molar-refractivity contribution in [3.05, 3.63) is 68.8 Å².